The second-order valence-corrected chi connectivity index (χ2v) is 3.15. The molecular weight excluding hydrogens is 249 g/mol. The van der Waals surface area contributed by atoms with Gasteiger partial charge >= 0.3 is 0 Å². The quantitative estimate of drug-likeness (QED) is 0.599. The third-order valence-corrected chi connectivity index (χ3v) is 2.01. The molecule has 78 valence electrons. The fourth-order valence-electron chi connectivity index (χ4n) is 0.956. The minimum atomic E-state index is -2.95. The Bertz CT molecular complexity index is 457. The van der Waals surface area contributed by atoms with Crippen LogP contribution in [0.3, 0.4) is 0 Å². The van der Waals surface area contributed by atoms with Gasteiger partial charge in [0, 0.05) is 5.56 Å². The minimum absolute atomic E-state index is 0.294. The number of halogens is 4. The monoisotopic (exact) mass is 250 g/mol. The van der Waals surface area contributed by atoms with Gasteiger partial charge < -0.3 is 0 Å². The van der Waals surface area contributed by atoms with Crippen LogP contribution >= 0.6 is 23.2 Å². The maximum Gasteiger partial charge on any atom is 0.264 e. The SMILES string of the molecule is N#Cc1cc(C(F)F)c(C(=O)Cl)c(Cl)n1. The van der Waals surface area contributed by atoms with Crippen molar-refractivity contribution >= 4 is 28.4 Å². The van der Waals surface area contributed by atoms with Crippen molar-refractivity contribution in [3.8, 4) is 6.07 Å². The molecule has 0 aliphatic rings. The van der Waals surface area contributed by atoms with E-state index in [-0.39, 0.29) is 5.69 Å². The van der Waals surface area contributed by atoms with E-state index >= 15 is 0 Å². The minimum Gasteiger partial charge on any atom is -0.275 e. The van der Waals surface area contributed by atoms with Crippen molar-refractivity contribution in [2.45, 2.75) is 6.43 Å². The van der Waals surface area contributed by atoms with Gasteiger partial charge in [-0.05, 0) is 17.7 Å². The van der Waals surface area contributed by atoms with Gasteiger partial charge in [-0.3, -0.25) is 4.79 Å². The first kappa shape index (κ1) is 11.8. The van der Waals surface area contributed by atoms with E-state index in [0.717, 1.165) is 6.07 Å². The van der Waals surface area contributed by atoms with E-state index in [1.807, 2.05) is 0 Å². The van der Waals surface area contributed by atoms with Crippen LogP contribution in [0.15, 0.2) is 6.07 Å². The van der Waals surface area contributed by atoms with E-state index in [9.17, 15) is 13.6 Å². The zero-order chi connectivity index (χ0) is 11.6. The predicted molar refractivity (Wildman–Crippen MR) is 49.1 cm³/mol. The standard InChI is InChI=1S/C8H2Cl2F2N2O/c9-6-5(7(10)15)4(8(11)12)1-3(2-13)14-6/h1,8H. The second-order valence-electron chi connectivity index (χ2n) is 2.45. The summed E-state index contributed by atoms with van der Waals surface area (Å²) in [6, 6.07) is 2.33. The van der Waals surface area contributed by atoms with E-state index in [4.69, 9.17) is 28.5 Å². The zero-order valence-electron chi connectivity index (χ0n) is 6.97. The van der Waals surface area contributed by atoms with Gasteiger partial charge in [-0.25, -0.2) is 13.8 Å². The third kappa shape index (κ3) is 2.41. The van der Waals surface area contributed by atoms with Crippen molar-refractivity contribution in [3.05, 3.63) is 28.0 Å². The lowest BCUT2D eigenvalue weighted by molar-refractivity contribution is 0.106. The normalized spacial score (nSPS) is 10.1. The van der Waals surface area contributed by atoms with Crippen LogP contribution < -0.4 is 0 Å². The Morgan fingerprint density at radius 1 is 1.60 bits per heavy atom. The molecule has 1 heterocycles. The molecule has 0 atom stereocenters. The summed E-state index contributed by atoms with van der Waals surface area (Å²) in [6.07, 6.45) is -2.95. The fraction of sp³-hybridized carbons (Fsp3) is 0.125. The molecular formula is C8H2Cl2F2N2O. The highest BCUT2D eigenvalue weighted by Crippen LogP contribution is 2.29. The number of carbonyl (C=O) groups is 1. The van der Waals surface area contributed by atoms with Gasteiger partial charge in [0.15, 0.2) is 0 Å². The summed E-state index contributed by atoms with van der Waals surface area (Å²) in [5.74, 6) is 0. The number of hydrogen-bond donors (Lipinski definition) is 0. The maximum absolute atomic E-state index is 12.5. The first-order valence-electron chi connectivity index (χ1n) is 3.56. The lowest BCUT2D eigenvalue weighted by Gasteiger charge is -2.06. The smallest absolute Gasteiger partial charge is 0.264 e. The van der Waals surface area contributed by atoms with Gasteiger partial charge in [0.2, 0.25) is 0 Å². The largest absolute Gasteiger partial charge is 0.275 e. The number of rotatable bonds is 2. The van der Waals surface area contributed by atoms with Crippen LogP contribution in [0, 0.1) is 11.3 Å². The van der Waals surface area contributed by atoms with Gasteiger partial charge in [-0.15, -0.1) is 0 Å². The van der Waals surface area contributed by atoms with Crippen LogP contribution in [0.25, 0.3) is 0 Å². The predicted octanol–water partition coefficient (Wildman–Crippen LogP) is 2.92. The van der Waals surface area contributed by atoms with Crippen molar-refractivity contribution < 1.29 is 13.6 Å². The summed E-state index contributed by atoms with van der Waals surface area (Å²) in [4.78, 5) is 14.2. The number of pyridine rings is 1. The van der Waals surface area contributed by atoms with Gasteiger partial charge in [0.05, 0.1) is 5.56 Å². The van der Waals surface area contributed by atoms with Gasteiger partial charge in [-0.1, -0.05) is 11.6 Å². The number of alkyl halides is 2. The molecule has 1 aromatic rings. The average molecular weight is 251 g/mol. The number of hydrogen-bond acceptors (Lipinski definition) is 3. The van der Waals surface area contributed by atoms with Crippen LogP contribution in [-0.4, -0.2) is 10.2 Å². The van der Waals surface area contributed by atoms with E-state index in [1.165, 1.54) is 0 Å². The molecule has 0 bridgehead atoms. The number of nitrogens with zero attached hydrogens (tertiary/aromatic N) is 2. The van der Waals surface area contributed by atoms with Gasteiger partial charge in [0.25, 0.3) is 11.7 Å². The molecule has 1 aromatic heterocycles. The second kappa shape index (κ2) is 4.51. The Balaban J connectivity index is 3.51. The van der Waals surface area contributed by atoms with Crippen LogP contribution in [0.1, 0.15) is 28.0 Å². The summed E-state index contributed by atoms with van der Waals surface area (Å²) >= 11 is 10.5. The Labute approximate surface area is 93.2 Å². The average Bonchev–Trinajstić information content (AvgIpc) is 2.15. The van der Waals surface area contributed by atoms with E-state index < -0.39 is 27.9 Å². The molecule has 0 aliphatic carbocycles. The highest BCUT2D eigenvalue weighted by Gasteiger charge is 2.22. The lowest BCUT2D eigenvalue weighted by Crippen LogP contribution is -2.03. The molecule has 0 saturated heterocycles. The molecule has 3 nitrogen and oxygen atoms in total. The van der Waals surface area contributed by atoms with Crippen molar-refractivity contribution in [3.63, 3.8) is 0 Å². The van der Waals surface area contributed by atoms with Crippen molar-refractivity contribution in [2.24, 2.45) is 0 Å². The fourth-order valence-corrected chi connectivity index (χ4v) is 1.49. The number of nitriles is 1. The molecule has 0 amide bonds. The van der Waals surface area contributed by atoms with Crippen molar-refractivity contribution in [1.29, 1.82) is 5.26 Å². The highest BCUT2D eigenvalue weighted by atomic mass is 35.5. The van der Waals surface area contributed by atoms with Gasteiger partial charge in [-0.2, -0.15) is 5.26 Å². The molecule has 1 rings (SSSR count). The summed E-state index contributed by atoms with van der Waals surface area (Å²) in [6.45, 7) is 0. The number of aromatic nitrogens is 1. The summed E-state index contributed by atoms with van der Waals surface area (Å²) in [7, 11) is 0. The Morgan fingerprint density at radius 3 is 2.60 bits per heavy atom. The molecule has 15 heavy (non-hydrogen) atoms. The molecule has 0 radical (unpaired) electrons. The number of carbonyl (C=O) groups excluding carboxylic acids is 1. The van der Waals surface area contributed by atoms with E-state index in [0.29, 0.717) is 0 Å². The van der Waals surface area contributed by atoms with Crippen molar-refractivity contribution in [2.75, 3.05) is 0 Å². The Kier molecular flexibility index (Phi) is 3.56. The van der Waals surface area contributed by atoms with Gasteiger partial charge in [0.1, 0.15) is 16.9 Å². The molecule has 0 spiro atoms. The zero-order valence-corrected chi connectivity index (χ0v) is 8.48. The lowest BCUT2D eigenvalue weighted by atomic mass is 10.1. The Morgan fingerprint density at radius 2 is 2.20 bits per heavy atom. The van der Waals surface area contributed by atoms with Crippen LogP contribution in [0.2, 0.25) is 5.15 Å². The van der Waals surface area contributed by atoms with Crippen LogP contribution in [-0.2, 0) is 0 Å². The molecule has 7 heteroatoms. The first-order valence-corrected chi connectivity index (χ1v) is 4.31. The Hall–Kier alpha value is -1.25. The van der Waals surface area contributed by atoms with E-state index in [2.05, 4.69) is 4.98 Å². The molecule has 0 unspecified atom stereocenters. The topological polar surface area (TPSA) is 53.8 Å². The molecule has 0 saturated carbocycles. The molecule has 0 aromatic carbocycles. The summed E-state index contributed by atoms with van der Waals surface area (Å²) < 4.78 is 25.0. The molecule has 0 N–H and O–H groups in total. The summed E-state index contributed by atoms with van der Waals surface area (Å²) in [5, 5.41) is 6.84. The van der Waals surface area contributed by atoms with Crippen LogP contribution in [0.5, 0.6) is 0 Å². The summed E-state index contributed by atoms with van der Waals surface area (Å²) in [5.41, 5.74) is -1.55. The maximum atomic E-state index is 12.5. The third-order valence-electron chi connectivity index (χ3n) is 1.55. The van der Waals surface area contributed by atoms with E-state index in [1.54, 1.807) is 6.07 Å². The van der Waals surface area contributed by atoms with Crippen LogP contribution in [0.4, 0.5) is 8.78 Å². The molecule has 0 fully saturated rings. The van der Waals surface area contributed by atoms with Crippen molar-refractivity contribution in [1.82, 2.24) is 4.98 Å². The highest BCUT2D eigenvalue weighted by molar-refractivity contribution is 6.68. The molecule has 0 aliphatic heterocycles. The first-order chi connectivity index (χ1) is 6.97.